The second-order valence-corrected chi connectivity index (χ2v) is 5.17. The monoisotopic (exact) mass is 312 g/mol. The highest BCUT2D eigenvalue weighted by molar-refractivity contribution is 5.96. The number of benzene rings is 1. The maximum Gasteiger partial charge on any atom is 0.277 e. The molecule has 0 atom stereocenters. The van der Waals surface area contributed by atoms with Gasteiger partial charge in [-0.15, -0.1) is 0 Å². The van der Waals surface area contributed by atoms with Gasteiger partial charge in [0.05, 0.1) is 12.0 Å². The van der Waals surface area contributed by atoms with E-state index in [1.165, 1.54) is 5.56 Å². The van der Waals surface area contributed by atoms with E-state index in [1.54, 1.807) is 31.4 Å². The number of nitrogens with one attached hydrogen (secondary N) is 1. The van der Waals surface area contributed by atoms with Crippen molar-refractivity contribution in [3.63, 3.8) is 0 Å². The topological polar surface area (TPSA) is 63.8 Å². The van der Waals surface area contributed by atoms with Gasteiger partial charge in [-0.1, -0.05) is 6.07 Å². The maximum absolute atomic E-state index is 11.7. The molecule has 0 spiro atoms. The molecule has 2 rings (SSSR count). The van der Waals surface area contributed by atoms with Crippen molar-refractivity contribution < 1.29 is 13.9 Å². The number of carbonyl (C=O) groups is 1. The van der Waals surface area contributed by atoms with Crippen molar-refractivity contribution in [3.8, 4) is 5.75 Å². The van der Waals surface area contributed by atoms with E-state index in [-0.39, 0.29) is 12.5 Å². The normalized spacial score (nSPS) is 11.7. The highest BCUT2D eigenvalue weighted by Crippen LogP contribution is 2.16. The van der Waals surface area contributed by atoms with Crippen molar-refractivity contribution in [2.24, 2.45) is 5.10 Å². The minimum atomic E-state index is -0.311. The van der Waals surface area contributed by atoms with Crippen LogP contribution in [0.1, 0.15) is 23.8 Å². The molecule has 0 aliphatic heterocycles. The second kappa shape index (κ2) is 7.98. The lowest BCUT2D eigenvalue weighted by Crippen LogP contribution is -2.25. The summed E-state index contributed by atoms with van der Waals surface area (Å²) in [6.45, 7) is 5.73. The van der Waals surface area contributed by atoms with Crippen LogP contribution in [0.5, 0.6) is 5.75 Å². The first-order valence-corrected chi connectivity index (χ1v) is 7.29. The summed E-state index contributed by atoms with van der Waals surface area (Å²) in [7, 11) is 0. The molecule has 0 aliphatic rings. The Bertz CT molecular complexity index is 716. The van der Waals surface area contributed by atoms with Gasteiger partial charge in [0, 0.05) is 0 Å². The van der Waals surface area contributed by atoms with Crippen molar-refractivity contribution >= 4 is 17.7 Å². The number of hydrogen-bond donors (Lipinski definition) is 1. The van der Waals surface area contributed by atoms with Crippen LogP contribution in [0.4, 0.5) is 0 Å². The zero-order chi connectivity index (χ0) is 16.7. The zero-order valence-electron chi connectivity index (χ0n) is 13.5. The Hall–Kier alpha value is -2.82. The molecule has 1 amide bonds. The Labute approximate surface area is 135 Å². The van der Waals surface area contributed by atoms with Gasteiger partial charge in [0.1, 0.15) is 11.5 Å². The smallest absolute Gasteiger partial charge is 0.277 e. The number of carbonyl (C=O) groups excluding carboxylic acids is 1. The molecule has 0 saturated heterocycles. The maximum atomic E-state index is 11.7. The Morgan fingerprint density at radius 1 is 1.30 bits per heavy atom. The van der Waals surface area contributed by atoms with Crippen molar-refractivity contribution in [2.45, 2.75) is 20.8 Å². The lowest BCUT2D eigenvalue weighted by atomic mass is 10.1. The number of aryl methyl sites for hydroxylation is 2. The van der Waals surface area contributed by atoms with E-state index < -0.39 is 0 Å². The highest BCUT2D eigenvalue weighted by Gasteiger charge is 2.03. The van der Waals surface area contributed by atoms with Crippen molar-refractivity contribution in [1.29, 1.82) is 0 Å². The zero-order valence-corrected chi connectivity index (χ0v) is 13.5. The molecule has 23 heavy (non-hydrogen) atoms. The second-order valence-electron chi connectivity index (χ2n) is 5.17. The first kappa shape index (κ1) is 16.5. The van der Waals surface area contributed by atoms with E-state index in [0.717, 1.165) is 11.3 Å². The summed E-state index contributed by atoms with van der Waals surface area (Å²) in [5.41, 5.74) is 5.41. The number of amides is 1. The molecule has 0 bridgehead atoms. The number of nitrogens with zero attached hydrogens (tertiary/aromatic N) is 1. The van der Waals surface area contributed by atoms with Crippen molar-refractivity contribution in [3.05, 3.63) is 59.6 Å². The fraction of sp³-hybridized carbons (Fsp3) is 0.222. The molecule has 5 heteroatoms. The first-order valence-electron chi connectivity index (χ1n) is 7.29. The third-order valence-electron chi connectivity index (χ3n) is 3.24. The number of allylic oxidation sites excluding steroid dienone is 1. The van der Waals surface area contributed by atoms with Gasteiger partial charge < -0.3 is 9.15 Å². The van der Waals surface area contributed by atoms with E-state index >= 15 is 0 Å². The molecule has 1 N–H and O–H groups in total. The summed E-state index contributed by atoms with van der Waals surface area (Å²) in [6, 6.07) is 9.35. The molecule has 120 valence electrons. The molecule has 0 aliphatic carbocycles. The number of hydrazone groups is 1. The van der Waals surface area contributed by atoms with Crippen LogP contribution in [0, 0.1) is 13.8 Å². The summed E-state index contributed by atoms with van der Waals surface area (Å²) in [4.78, 5) is 11.7. The van der Waals surface area contributed by atoms with Crippen LogP contribution < -0.4 is 10.2 Å². The van der Waals surface area contributed by atoms with E-state index in [0.29, 0.717) is 11.5 Å². The van der Waals surface area contributed by atoms with Gasteiger partial charge in [0.25, 0.3) is 5.91 Å². The highest BCUT2D eigenvalue weighted by atomic mass is 16.5. The minimum Gasteiger partial charge on any atom is -0.484 e. The lowest BCUT2D eigenvalue weighted by Gasteiger charge is -2.07. The predicted octanol–water partition coefficient (Wildman–Crippen LogP) is 3.48. The molecule has 0 unspecified atom stereocenters. The third-order valence-corrected chi connectivity index (χ3v) is 3.24. The summed E-state index contributed by atoms with van der Waals surface area (Å²) in [5.74, 6) is 1.08. The molecule has 0 radical (unpaired) electrons. The van der Waals surface area contributed by atoms with Crippen LogP contribution in [0.25, 0.3) is 6.08 Å². The Balaban J connectivity index is 1.80. The number of hydrogen-bond acceptors (Lipinski definition) is 4. The van der Waals surface area contributed by atoms with E-state index in [1.807, 2.05) is 38.1 Å². The average Bonchev–Trinajstić information content (AvgIpc) is 3.05. The molecule has 2 aromatic rings. The van der Waals surface area contributed by atoms with Gasteiger partial charge in [-0.05, 0) is 68.3 Å². The van der Waals surface area contributed by atoms with Gasteiger partial charge in [-0.2, -0.15) is 5.10 Å². The number of rotatable bonds is 6. The van der Waals surface area contributed by atoms with Gasteiger partial charge in [-0.25, -0.2) is 5.43 Å². The van der Waals surface area contributed by atoms with Crippen LogP contribution in [0.15, 0.2) is 52.2 Å². The molecular formula is C18H20N2O3. The van der Waals surface area contributed by atoms with Crippen molar-refractivity contribution in [2.75, 3.05) is 6.61 Å². The van der Waals surface area contributed by atoms with E-state index in [2.05, 4.69) is 10.5 Å². The standard InChI is InChI=1S/C18H20N2O3/c1-13-6-8-17(11-14(13)2)23-12-18(21)20-19-15(3)7-9-16-5-4-10-22-16/h4-11H,12H2,1-3H3,(H,20,21)/b9-7+,19-15?. The van der Waals surface area contributed by atoms with Gasteiger partial charge in [0.15, 0.2) is 6.61 Å². The van der Waals surface area contributed by atoms with Crippen LogP contribution in [0.3, 0.4) is 0 Å². The fourth-order valence-electron chi connectivity index (χ4n) is 1.76. The van der Waals surface area contributed by atoms with Gasteiger partial charge >= 0.3 is 0 Å². The SMILES string of the molecule is CC(/C=C/c1ccco1)=NNC(=O)COc1ccc(C)c(C)c1. The fourth-order valence-corrected chi connectivity index (χ4v) is 1.76. The molecule has 5 nitrogen and oxygen atoms in total. The Morgan fingerprint density at radius 2 is 2.13 bits per heavy atom. The van der Waals surface area contributed by atoms with Crippen LogP contribution >= 0.6 is 0 Å². The van der Waals surface area contributed by atoms with Crippen molar-refractivity contribution in [1.82, 2.24) is 5.43 Å². The molecule has 0 saturated carbocycles. The largest absolute Gasteiger partial charge is 0.484 e. The molecule has 0 fully saturated rings. The predicted molar refractivity (Wildman–Crippen MR) is 90.4 cm³/mol. The summed E-state index contributed by atoms with van der Waals surface area (Å²) < 4.78 is 10.6. The molecule has 1 heterocycles. The van der Waals surface area contributed by atoms with Gasteiger partial charge in [-0.3, -0.25) is 4.79 Å². The summed E-state index contributed by atoms with van der Waals surface area (Å²) >= 11 is 0. The molecule has 1 aromatic carbocycles. The van der Waals surface area contributed by atoms with E-state index in [9.17, 15) is 4.79 Å². The Morgan fingerprint density at radius 3 is 2.83 bits per heavy atom. The first-order chi connectivity index (χ1) is 11.0. The van der Waals surface area contributed by atoms with Crippen LogP contribution in [-0.4, -0.2) is 18.2 Å². The van der Waals surface area contributed by atoms with Gasteiger partial charge in [0.2, 0.25) is 0 Å². The summed E-state index contributed by atoms with van der Waals surface area (Å²) in [6.07, 6.45) is 5.12. The average molecular weight is 312 g/mol. The summed E-state index contributed by atoms with van der Waals surface area (Å²) in [5, 5.41) is 3.98. The third kappa shape index (κ3) is 5.47. The lowest BCUT2D eigenvalue weighted by molar-refractivity contribution is -0.123. The number of furan rings is 1. The van der Waals surface area contributed by atoms with E-state index in [4.69, 9.17) is 9.15 Å². The quantitative estimate of drug-likeness (QED) is 0.656. The molecular weight excluding hydrogens is 292 g/mol. The Kier molecular flexibility index (Phi) is 5.74. The van der Waals surface area contributed by atoms with Crippen LogP contribution in [0.2, 0.25) is 0 Å². The number of ether oxygens (including phenoxy) is 1. The van der Waals surface area contributed by atoms with Crippen LogP contribution in [-0.2, 0) is 4.79 Å². The minimum absolute atomic E-state index is 0.0822. The molecule has 1 aromatic heterocycles.